The van der Waals surface area contributed by atoms with Crippen LogP contribution in [0.5, 0.6) is 0 Å². The Hall–Kier alpha value is -1.39. The van der Waals surface area contributed by atoms with Gasteiger partial charge in [0.15, 0.2) is 0 Å². The quantitative estimate of drug-likeness (QED) is 0.303. The fraction of sp³-hybridized carbons (Fsp3) is 0. The highest BCUT2D eigenvalue weighted by Gasteiger charge is 1.98. The first-order chi connectivity index (χ1) is 3.68. The Labute approximate surface area is 45.3 Å². The molecule has 0 rings (SSSR count). The van der Waals surface area contributed by atoms with Gasteiger partial charge >= 0.3 is 5.97 Å². The molecule has 0 saturated heterocycles. The molecule has 0 atom stereocenters. The molecule has 0 bridgehead atoms. The minimum absolute atomic E-state index is 0.569. The number of hydrogen-bond donors (Lipinski definition) is 3. The number of aliphatic carboxylic acids is 1. The SMILES string of the molecule is N=CN=C(N)C(=O)O. The van der Waals surface area contributed by atoms with E-state index >= 15 is 0 Å². The lowest BCUT2D eigenvalue weighted by molar-refractivity contribution is -0.129. The third kappa shape index (κ3) is 1.91. The van der Waals surface area contributed by atoms with Gasteiger partial charge in [0.25, 0.3) is 0 Å². The molecule has 0 aromatic heterocycles. The van der Waals surface area contributed by atoms with Crippen molar-refractivity contribution in [2.75, 3.05) is 0 Å². The Kier molecular flexibility index (Phi) is 2.25. The van der Waals surface area contributed by atoms with Gasteiger partial charge in [-0.1, -0.05) is 0 Å². The van der Waals surface area contributed by atoms with Crippen LogP contribution < -0.4 is 5.73 Å². The predicted molar refractivity (Wildman–Crippen MR) is 28.0 cm³/mol. The van der Waals surface area contributed by atoms with Crippen LogP contribution in [0.25, 0.3) is 0 Å². The molecule has 0 aliphatic carbocycles. The molecule has 0 amide bonds. The maximum Gasteiger partial charge on any atom is 0.371 e. The van der Waals surface area contributed by atoms with E-state index in [9.17, 15) is 4.79 Å². The largest absolute Gasteiger partial charge is 0.475 e. The Morgan fingerprint density at radius 3 is 2.50 bits per heavy atom. The van der Waals surface area contributed by atoms with Gasteiger partial charge in [-0.25, -0.2) is 9.79 Å². The molecule has 0 aromatic rings. The summed E-state index contributed by atoms with van der Waals surface area (Å²) in [5.74, 6) is -1.88. The van der Waals surface area contributed by atoms with Crippen molar-refractivity contribution in [2.45, 2.75) is 0 Å². The first-order valence-corrected chi connectivity index (χ1v) is 1.74. The number of amidine groups is 1. The summed E-state index contributed by atoms with van der Waals surface area (Å²) < 4.78 is 0. The monoisotopic (exact) mass is 115 g/mol. The van der Waals surface area contributed by atoms with Crippen molar-refractivity contribution >= 4 is 18.1 Å². The van der Waals surface area contributed by atoms with Crippen LogP contribution in [0.15, 0.2) is 4.99 Å². The Morgan fingerprint density at radius 2 is 2.38 bits per heavy atom. The zero-order chi connectivity index (χ0) is 6.57. The number of carboxylic acid groups (broad SMARTS) is 1. The number of carboxylic acids is 1. The Morgan fingerprint density at radius 1 is 1.88 bits per heavy atom. The van der Waals surface area contributed by atoms with E-state index in [2.05, 4.69) is 4.99 Å². The third-order valence-corrected chi connectivity index (χ3v) is 0.423. The van der Waals surface area contributed by atoms with Crippen LogP contribution in [0.2, 0.25) is 0 Å². The number of carbonyl (C=O) groups is 1. The molecule has 44 valence electrons. The summed E-state index contributed by atoms with van der Waals surface area (Å²) in [5.41, 5.74) is 4.73. The van der Waals surface area contributed by atoms with E-state index in [-0.39, 0.29) is 0 Å². The molecule has 5 heteroatoms. The minimum Gasteiger partial charge on any atom is -0.475 e. The first-order valence-electron chi connectivity index (χ1n) is 1.74. The highest BCUT2D eigenvalue weighted by molar-refractivity contribution is 6.34. The molecule has 0 aliphatic rings. The fourth-order valence-electron chi connectivity index (χ4n) is 0.125. The lowest BCUT2D eigenvalue weighted by Gasteiger charge is -1.83. The number of hydrogen-bond acceptors (Lipinski definition) is 2. The molecule has 0 aromatic carbocycles. The van der Waals surface area contributed by atoms with Crippen molar-refractivity contribution in [1.82, 2.24) is 0 Å². The first kappa shape index (κ1) is 6.61. The lowest BCUT2D eigenvalue weighted by atomic mass is 10.6. The standard InChI is InChI=1S/C3H5N3O2/c4-1-6-2(5)3(7)8/h1H,(H,7,8)(H3,4,5,6). The van der Waals surface area contributed by atoms with Crippen LogP contribution in [-0.2, 0) is 4.79 Å². The van der Waals surface area contributed by atoms with Crippen LogP contribution in [0.3, 0.4) is 0 Å². The van der Waals surface area contributed by atoms with Crippen LogP contribution in [0, 0.1) is 5.41 Å². The molecule has 4 N–H and O–H groups in total. The van der Waals surface area contributed by atoms with Crippen LogP contribution in [-0.4, -0.2) is 23.2 Å². The topological polar surface area (TPSA) is 99.5 Å². The number of aliphatic imine (C=N–C) groups is 1. The number of nitrogens with zero attached hydrogens (tertiary/aromatic N) is 1. The summed E-state index contributed by atoms with van der Waals surface area (Å²) in [6, 6.07) is 0. The van der Waals surface area contributed by atoms with Gasteiger partial charge in [-0.3, -0.25) is 5.41 Å². The molecule has 0 unspecified atom stereocenters. The summed E-state index contributed by atoms with van der Waals surface area (Å²) in [6.07, 6.45) is 0.573. The summed E-state index contributed by atoms with van der Waals surface area (Å²) in [5, 5.41) is 14.2. The van der Waals surface area contributed by atoms with E-state index in [0.29, 0.717) is 6.34 Å². The van der Waals surface area contributed by atoms with E-state index in [0.717, 1.165) is 0 Å². The number of nitrogens with two attached hydrogens (primary N) is 1. The van der Waals surface area contributed by atoms with Crippen molar-refractivity contribution in [1.29, 1.82) is 5.41 Å². The van der Waals surface area contributed by atoms with Gasteiger partial charge in [-0.2, -0.15) is 0 Å². The van der Waals surface area contributed by atoms with Gasteiger partial charge in [0, 0.05) is 0 Å². The van der Waals surface area contributed by atoms with Gasteiger partial charge in [0.05, 0.1) is 0 Å². The van der Waals surface area contributed by atoms with Crippen LogP contribution in [0.1, 0.15) is 0 Å². The molecule has 0 aliphatic heterocycles. The predicted octanol–water partition coefficient (Wildman–Crippen LogP) is -0.965. The van der Waals surface area contributed by atoms with E-state index in [1.807, 2.05) is 0 Å². The minimum atomic E-state index is -1.31. The van der Waals surface area contributed by atoms with Crippen LogP contribution >= 0.6 is 0 Å². The van der Waals surface area contributed by atoms with Gasteiger partial charge in [0.2, 0.25) is 5.84 Å². The van der Waals surface area contributed by atoms with E-state index in [4.69, 9.17) is 16.2 Å². The zero-order valence-electron chi connectivity index (χ0n) is 3.96. The van der Waals surface area contributed by atoms with Crippen molar-refractivity contribution in [2.24, 2.45) is 10.7 Å². The fourth-order valence-corrected chi connectivity index (χ4v) is 0.125. The van der Waals surface area contributed by atoms with Gasteiger partial charge in [-0.05, 0) is 0 Å². The average Bonchev–Trinajstić information content (AvgIpc) is 1.67. The second-order valence-corrected chi connectivity index (χ2v) is 0.949. The number of rotatable bonds is 1. The molecule has 0 fully saturated rings. The smallest absolute Gasteiger partial charge is 0.371 e. The average molecular weight is 115 g/mol. The second-order valence-electron chi connectivity index (χ2n) is 0.949. The molecule has 0 radical (unpaired) electrons. The van der Waals surface area contributed by atoms with E-state index < -0.39 is 11.8 Å². The summed E-state index contributed by atoms with van der Waals surface area (Å²) >= 11 is 0. The Balaban J connectivity index is 3.99. The van der Waals surface area contributed by atoms with Gasteiger partial charge < -0.3 is 10.8 Å². The molecule has 8 heavy (non-hydrogen) atoms. The lowest BCUT2D eigenvalue weighted by Crippen LogP contribution is -2.22. The summed E-state index contributed by atoms with van der Waals surface area (Å²) in [4.78, 5) is 12.7. The molecule has 0 spiro atoms. The van der Waals surface area contributed by atoms with Gasteiger partial charge in [-0.15, -0.1) is 0 Å². The van der Waals surface area contributed by atoms with Crippen molar-refractivity contribution in [3.63, 3.8) is 0 Å². The summed E-state index contributed by atoms with van der Waals surface area (Å²) in [7, 11) is 0. The molecular weight excluding hydrogens is 110 g/mol. The van der Waals surface area contributed by atoms with Crippen molar-refractivity contribution in [3.05, 3.63) is 0 Å². The second kappa shape index (κ2) is 2.73. The Bertz CT molecular complexity index is 139. The molecule has 0 heterocycles. The maximum atomic E-state index is 9.73. The highest BCUT2D eigenvalue weighted by Crippen LogP contribution is 1.63. The van der Waals surface area contributed by atoms with E-state index in [1.165, 1.54) is 0 Å². The van der Waals surface area contributed by atoms with E-state index in [1.54, 1.807) is 0 Å². The zero-order valence-corrected chi connectivity index (χ0v) is 3.96. The maximum absolute atomic E-state index is 9.73. The summed E-state index contributed by atoms with van der Waals surface area (Å²) in [6.45, 7) is 0. The van der Waals surface area contributed by atoms with Crippen LogP contribution in [0.4, 0.5) is 0 Å². The van der Waals surface area contributed by atoms with Gasteiger partial charge in [0.1, 0.15) is 6.34 Å². The third-order valence-electron chi connectivity index (χ3n) is 0.423. The van der Waals surface area contributed by atoms with Crippen molar-refractivity contribution < 1.29 is 9.90 Å². The highest BCUT2D eigenvalue weighted by atomic mass is 16.4. The molecular formula is C3H5N3O2. The molecule has 5 nitrogen and oxygen atoms in total. The normalized spacial score (nSPS) is 10.8. The number of nitrogens with one attached hydrogen (secondary N) is 1. The molecule has 0 saturated carbocycles. The van der Waals surface area contributed by atoms with Crippen molar-refractivity contribution in [3.8, 4) is 0 Å².